The van der Waals surface area contributed by atoms with E-state index >= 15 is 0 Å². The van der Waals surface area contributed by atoms with E-state index in [1.165, 1.54) is 36.4 Å². The van der Waals surface area contributed by atoms with Crippen LogP contribution in [0.1, 0.15) is 31.1 Å². The van der Waals surface area contributed by atoms with Crippen molar-refractivity contribution in [3.8, 4) is 11.5 Å². The van der Waals surface area contributed by atoms with Crippen molar-refractivity contribution in [1.29, 1.82) is 0 Å². The fourth-order valence-corrected chi connectivity index (χ4v) is 2.90. The normalized spacial score (nSPS) is 12.1. The molecule has 9 heteroatoms. The van der Waals surface area contributed by atoms with E-state index in [4.69, 9.17) is 4.74 Å². The Morgan fingerprint density at radius 2 is 1.47 bits per heavy atom. The predicted molar refractivity (Wildman–Crippen MR) is 106 cm³/mol. The zero-order valence-electron chi connectivity index (χ0n) is 15.2. The van der Waals surface area contributed by atoms with E-state index in [0.29, 0.717) is 22.7 Å². The number of fused-ring (bicyclic) bond motifs is 1. The number of rotatable bonds is 5. The molecule has 3 aromatic carbocycles. The van der Waals surface area contributed by atoms with E-state index in [1.807, 2.05) is 0 Å². The number of carbonyl (C=O) groups is 3. The van der Waals surface area contributed by atoms with Crippen molar-refractivity contribution in [2.24, 2.45) is 0 Å². The second-order valence-electron chi connectivity index (χ2n) is 6.38. The number of ether oxygens (including phenoxy) is 1. The van der Waals surface area contributed by atoms with Crippen LogP contribution >= 0.6 is 0 Å². The first-order chi connectivity index (χ1) is 14.4. The summed E-state index contributed by atoms with van der Waals surface area (Å²) in [6, 6.07) is 16.4. The van der Waals surface area contributed by atoms with E-state index < -0.39 is 22.6 Å². The van der Waals surface area contributed by atoms with E-state index in [1.54, 1.807) is 30.3 Å². The van der Waals surface area contributed by atoms with Crippen LogP contribution < -0.4 is 15.4 Å². The van der Waals surface area contributed by atoms with Crippen molar-refractivity contribution in [2.75, 3.05) is 5.32 Å². The number of imide groups is 1. The number of nitro benzene ring substituents is 1. The van der Waals surface area contributed by atoms with Gasteiger partial charge in [0.2, 0.25) is 0 Å². The number of carbonyl (C=O) groups excluding carboxylic acids is 3. The first kappa shape index (κ1) is 18.8. The van der Waals surface area contributed by atoms with Gasteiger partial charge in [-0.2, -0.15) is 0 Å². The molecule has 0 aromatic heterocycles. The first-order valence-electron chi connectivity index (χ1n) is 8.74. The van der Waals surface area contributed by atoms with Crippen LogP contribution in [0.3, 0.4) is 0 Å². The zero-order chi connectivity index (χ0) is 21.3. The SMILES string of the molecule is O=C(Nc1ccc2c(c1)C(=O)NC2=O)c1ccc(Oc2ccc([N+](=O)[O-])cc2)cc1. The maximum Gasteiger partial charge on any atom is 0.269 e. The standard InChI is InChI=1S/C21H13N3O6/c25-19(22-13-3-10-17-18(11-13)21(27)23-20(17)26)12-1-6-15(7-2-12)30-16-8-4-14(5-9-16)24(28)29/h1-11H,(H,22,25)(H,23,26,27). The average molecular weight is 403 g/mol. The lowest BCUT2D eigenvalue weighted by atomic mass is 10.1. The molecule has 4 rings (SSSR count). The molecular weight excluding hydrogens is 390 g/mol. The highest BCUT2D eigenvalue weighted by atomic mass is 16.6. The number of anilines is 1. The van der Waals surface area contributed by atoms with Gasteiger partial charge in [-0.05, 0) is 54.6 Å². The van der Waals surface area contributed by atoms with Crippen LogP contribution in [0.2, 0.25) is 0 Å². The van der Waals surface area contributed by atoms with Crippen LogP contribution in [0.25, 0.3) is 0 Å². The smallest absolute Gasteiger partial charge is 0.269 e. The van der Waals surface area contributed by atoms with Gasteiger partial charge in [0, 0.05) is 23.4 Å². The maximum atomic E-state index is 12.4. The van der Waals surface area contributed by atoms with Crippen LogP contribution in [0.15, 0.2) is 66.7 Å². The van der Waals surface area contributed by atoms with Gasteiger partial charge in [-0.3, -0.25) is 29.8 Å². The highest BCUT2D eigenvalue weighted by Gasteiger charge is 2.26. The molecule has 0 radical (unpaired) electrons. The second kappa shape index (κ2) is 7.47. The van der Waals surface area contributed by atoms with Gasteiger partial charge in [0.15, 0.2) is 0 Å². The third-order valence-electron chi connectivity index (χ3n) is 4.39. The number of amides is 3. The van der Waals surface area contributed by atoms with Crippen LogP contribution in [0.5, 0.6) is 11.5 Å². The van der Waals surface area contributed by atoms with Crippen LogP contribution in [-0.2, 0) is 0 Å². The van der Waals surface area contributed by atoms with E-state index in [2.05, 4.69) is 10.6 Å². The number of nitrogens with one attached hydrogen (secondary N) is 2. The van der Waals surface area contributed by atoms with Crippen molar-refractivity contribution < 1.29 is 24.0 Å². The monoisotopic (exact) mass is 403 g/mol. The summed E-state index contributed by atoms with van der Waals surface area (Å²) in [6.07, 6.45) is 0. The molecule has 0 spiro atoms. The Bertz CT molecular complexity index is 1190. The highest BCUT2D eigenvalue weighted by Crippen LogP contribution is 2.25. The number of non-ortho nitro benzene ring substituents is 1. The number of nitro groups is 1. The molecule has 0 bridgehead atoms. The molecule has 1 aliphatic rings. The lowest BCUT2D eigenvalue weighted by molar-refractivity contribution is -0.384. The summed E-state index contributed by atoms with van der Waals surface area (Å²) in [5, 5.41) is 15.5. The van der Waals surface area contributed by atoms with E-state index in [0.717, 1.165) is 0 Å². The molecule has 1 aliphatic heterocycles. The molecule has 0 atom stereocenters. The number of benzene rings is 3. The summed E-state index contributed by atoms with van der Waals surface area (Å²) >= 11 is 0. The molecule has 30 heavy (non-hydrogen) atoms. The Kier molecular flexibility index (Phi) is 4.69. The lowest BCUT2D eigenvalue weighted by Crippen LogP contribution is -2.19. The van der Waals surface area contributed by atoms with E-state index in [-0.39, 0.29) is 16.8 Å². The molecule has 9 nitrogen and oxygen atoms in total. The summed E-state index contributed by atoms with van der Waals surface area (Å²) in [7, 11) is 0. The molecule has 148 valence electrons. The second-order valence-corrected chi connectivity index (χ2v) is 6.38. The fourth-order valence-electron chi connectivity index (χ4n) is 2.90. The first-order valence-corrected chi connectivity index (χ1v) is 8.74. The van der Waals surface area contributed by atoms with Crippen molar-refractivity contribution in [3.05, 3.63) is 93.5 Å². The quantitative estimate of drug-likeness (QED) is 0.381. The van der Waals surface area contributed by atoms with Gasteiger partial charge in [0.1, 0.15) is 11.5 Å². The molecular formula is C21H13N3O6. The molecule has 0 aliphatic carbocycles. The third kappa shape index (κ3) is 3.72. The predicted octanol–water partition coefficient (Wildman–Crippen LogP) is 3.52. The van der Waals surface area contributed by atoms with Crippen molar-refractivity contribution in [3.63, 3.8) is 0 Å². The van der Waals surface area contributed by atoms with Gasteiger partial charge in [-0.25, -0.2) is 0 Å². The lowest BCUT2D eigenvalue weighted by Gasteiger charge is -2.08. The average Bonchev–Trinajstić information content (AvgIpc) is 3.02. The maximum absolute atomic E-state index is 12.4. The van der Waals surface area contributed by atoms with Crippen molar-refractivity contribution in [2.45, 2.75) is 0 Å². The molecule has 2 N–H and O–H groups in total. The number of hydrogen-bond donors (Lipinski definition) is 2. The molecule has 3 amide bonds. The highest BCUT2D eigenvalue weighted by molar-refractivity contribution is 6.22. The summed E-state index contributed by atoms with van der Waals surface area (Å²) in [5.41, 5.74) is 1.18. The van der Waals surface area contributed by atoms with Crippen LogP contribution in [0.4, 0.5) is 11.4 Å². The van der Waals surface area contributed by atoms with Crippen LogP contribution in [0, 0.1) is 10.1 Å². The third-order valence-corrected chi connectivity index (χ3v) is 4.39. The van der Waals surface area contributed by atoms with Gasteiger partial charge >= 0.3 is 0 Å². The summed E-state index contributed by atoms with van der Waals surface area (Å²) in [4.78, 5) is 45.9. The fraction of sp³-hybridized carbons (Fsp3) is 0. The van der Waals surface area contributed by atoms with Gasteiger partial charge in [0.05, 0.1) is 16.1 Å². The Morgan fingerprint density at radius 1 is 0.867 bits per heavy atom. The number of nitrogens with zero attached hydrogens (tertiary/aromatic N) is 1. The zero-order valence-corrected chi connectivity index (χ0v) is 15.2. The van der Waals surface area contributed by atoms with Crippen LogP contribution in [-0.4, -0.2) is 22.6 Å². The van der Waals surface area contributed by atoms with Gasteiger partial charge in [-0.15, -0.1) is 0 Å². The Morgan fingerprint density at radius 3 is 2.10 bits per heavy atom. The minimum absolute atomic E-state index is 0.0391. The van der Waals surface area contributed by atoms with Gasteiger partial charge in [0.25, 0.3) is 23.4 Å². The molecule has 1 heterocycles. The summed E-state index contributed by atoms with van der Waals surface area (Å²) in [5.74, 6) is -0.492. The van der Waals surface area contributed by atoms with E-state index in [9.17, 15) is 24.5 Å². The minimum Gasteiger partial charge on any atom is -0.457 e. The minimum atomic E-state index is -0.501. The summed E-state index contributed by atoms with van der Waals surface area (Å²) in [6.45, 7) is 0. The molecule has 0 saturated carbocycles. The van der Waals surface area contributed by atoms with Gasteiger partial charge < -0.3 is 10.1 Å². The number of hydrogen-bond acceptors (Lipinski definition) is 6. The summed E-state index contributed by atoms with van der Waals surface area (Å²) < 4.78 is 5.61. The topological polar surface area (TPSA) is 128 Å². The molecule has 0 fully saturated rings. The Labute approximate surface area is 169 Å². The molecule has 0 saturated heterocycles. The van der Waals surface area contributed by atoms with Crippen molar-refractivity contribution >= 4 is 29.1 Å². The molecule has 0 unspecified atom stereocenters. The Hall–Kier alpha value is -4.53. The molecule has 3 aromatic rings. The largest absolute Gasteiger partial charge is 0.457 e. The Balaban J connectivity index is 1.43. The van der Waals surface area contributed by atoms with Crippen molar-refractivity contribution in [1.82, 2.24) is 5.32 Å². The van der Waals surface area contributed by atoms with Gasteiger partial charge in [-0.1, -0.05) is 0 Å².